The second kappa shape index (κ2) is 6.77. The van der Waals surface area contributed by atoms with E-state index >= 15 is 0 Å². The van der Waals surface area contributed by atoms with Gasteiger partial charge in [-0.3, -0.25) is 14.5 Å². The number of nitrogens with zero attached hydrogens (tertiary/aromatic N) is 2. The molecule has 1 aromatic heterocycles. The van der Waals surface area contributed by atoms with Crippen molar-refractivity contribution in [1.82, 2.24) is 4.90 Å². The average Bonchev–Trinajstić information content (AvgIpc) is 3.12. The second-order valence-corrected chi connectivity index (χ2v) is 5.89. The summed E-state index contributed by atoms with van der Waals surface area (Å²) in [6.45, 7) is 1.52. The summed E-state index contributed by atoms with van der Waals surface area (Å²) in [7, 11) is 1.30. The van der Waals surface area contributed by atoms with Crippen LogP contribution in [0.1, 0.15) is 23.0 Å². The quantitative estimate of drug-likeness (QED) is 0.664. The van der Waals surface area contributed by atoms with E-state index in [1.807, 2.05) is 6.07 Å². The number of carbonyl (C=O) groups is 3. The van der Waals surface area contributed by atoms with Gasteiger partial charge in [-0.1, -0.05) is 18.2 Å². The minimum Gasteiger partial charge on any atom is -0.478 e. The summed E-state index contributed by atoms with van der Waals surface area (Å²) < 4.78 is 5.69. The summed E-state index contributed by atoms with van der Waals surface area (Å²) in [5, 5.41) is 18.5. The molecule has 0 saturated heterocycles. The summed E-state index contributed by atoms with van der Waals surface area (Å²) in [5.41, 5.74) is 0.830. The molecule has 2 amide bonds. The molecule has 1 aromatic carbocycles. The van der Waals surface area contributed by atoms with Crippen LogP contribution in [-0.2, 0) is 9.59 Å². The fraction of sp³-hybridized carbons (Fsp3) is 0.100. The van der Waals surface area contributed by atoms with Gasteiger partial charge in [-0.25, -0.2) is 4.79 Å². The molecule has 7 heteroatoms. The van der Waals surface area contributed by atoms with E-state index in [4.69, 9.17) is 4.42 Å². The molecule has 0 bridgehead atoms. The summed E-state index contributed by atoms with van der Waals surface area (Å²) in [6, 6.07) is 11.4. The van der Waals surface area contributed by atoms with Crippen molar-refractivity contribution in [3.63, 3.8) is 0 Å². The van der Waals surface area contributed by atoms with E-state index in [9.17, 15) is 24.8 Å². The van der Waals surface area contributed by atoms with Gasteiger partial charge in [0.25, 0.3) is 11.8 Å². The highest BCUT2D eigenvalue weighted by Gasteiger charge is 2.33. The Balaban J connectivity index is 2.07. The minimum atomic E-state index is -1.08. The van der Waals surface area contributed by atoms with Crippen molar-refractivity contribution in [2.45, 2.75) is 6.92 Å². The van der Waals surface area contributed by atoms with E-state index < -0.39 is 17.8 Å². The summed E-state index contributed by atoms with van der Waals surface area (Å²) >= 11 is 0. The number of nitriles is 1. The Morgan fingerprint density at radius 1 is 1.19 bits per heavy atom. The highest BCUT2D eigenvalue weighted by Crippen LogP contribution is 2.30. The second-order valence-electron chi connectivity index (χ2n) is 5.89. The highest BCUT2D eigenvalue weighted by molar-refractivity contribution is 6.19. The molecule has 1 aliphatic heterocycles. The first-order valence-corrected chi connectivity index (χ1v) is 7.93. The molecule has 2 heterocycles. The third kappa shape index (κ3) is 3.04. The lowest BCUT2D eigenvalue weighted by Gasteiger charge is -2.23. The molecule has 0 atom stereocenters. The molecule has 2 aromatic rings. The maximum atomic E-state index is 12.4. The lowest BCUT2D eigenvalue weighted by Crippen LogP contribution is -2.39. The smallest absolute Gasteiger partial charge is 0.336 e. The van der Waals surface area contributed by atoms with Crippen molar-refractivity contribution < 1.29 is 23.9 Å². The first kappa shape index (κ1) is 17.9. The normalized spacial score (nSPS) is 16.0. The van der Waals surface area contributed by atoms with Crippen molar-refractivity contribution in [3.05, 3.63) is 64.4 Å². The van der Waals surface area contributed by atoms with Crippen LogP contribution in [0.15, 0.2) is 57.5 Å². The number of aromatic carboxylic acids is 1. The zero-order valence-corrected chi connectivity index (χ0v) is 14.5. The van der Waals surface area contributed by atoms with Crippen molar-refractivity contribution in [1.29, 1.82) is 5.26 Å². The van der Waals surface area contributed by atoms with Crippen molar-refractivity contribution in [2.75, 3.05) is 7.05 Å². The first-order valence-electron chi connectivity index (χ1n) is 7.93. The van der Waals surface area contributed by atoms with E-state index in [2.05, 4.69) is 0 Å². The van der Waals surface area contributed by atoms with Gasteiger partial charge in [-0.15, -0.1) is 0 Å². The maximum absolute atomic E-state index is 12.4. The number of carboxylic acid groups (broad SMARTS) is 1. The standard InChI is InChI=1S/C20H14N2O5/c1-11-15(18(23)22(2)19(24)16(11)10-21)9-12-7-8-17(27-12)13-5-3-4-6-14(13)20(25)26/h3-9H,1-2H3,(H,25,26). The average molecular weight is 362 g/mol. The fourth-order valence-electron chi connectivity index (χ4n) is 2.80. The van der Waals surface area contributed by atoms with E-state index in [1.54, 1.807) is 30.3 Å². The van der Waals surface area contributed by atoms with Crippen LogP contribution in [0.2, 0.25) is 0 Å². The predicted molar refractivity (Wildman–Crippen MR) is 95.2 cm³/mol. The van der Waals surface area contributed by atoms with E-state index in [0.29, 0.717) is 17.1 Å². The van der Waals surface area contributed by atoms with Gasteiger partial charge in [0.1, 0.15) is 23.2 Å². The third-order valence-electron chi connectivity index (χ3n) is 4.28. The molecule has 3 rings (SSSR count). The molecular weight excluding hydrogens is 348 g/mol. The number of carboxylic acids is 1. The molecule has 1 N–H and O–H groups in total. The summed E-state index contributed by atoms with van der Waals surface area (Å²) in [5.74, 6) is -1.64. The van der Waals surface area contributed by atoms with Crippen LogP contribution in [0.25, 0.3) is 17.4 Å². The lowest BCUT2D eigenvalue weighted by atomic mass is 9.95. The third-order valence-corrected chi connectivity index (χ3v) is 4.28. The number of rotatable bonds is 3. The molecule has 0 aliphatic carbocycles. The molecule has 0 spiro atoms. The van der Waals surface area contributed by atoms with E-state index in [-0.39, 0.29) is 22.3 Å². The summed E-state index contributed by atoms with van der Waals surface area (Å²) in [4.78, 5) is 36.6. The van der Waals surface area contributed by atoms with Crippen LogP contribution in [0.4, 0.5) is 0 Å². The molecule has 7 nitrogen and oxygen atoms in total. The monoisotopic (exact) mass is 362 g/mol. The van der Waals surface area contributed by atoms with Crippen LogP contribution >= 0.6 is 0 Å². The molecule has 27 heavy (non-hydrogen) atoms. The van der Waals surface area contributed by atoms with Crippen LogP contribution in [0, 0.1) is 11.3 Å². The number of hydrogen-bond acceptors (Lipinski definition) is 5. The van der Waals surface area contributed by atoms with Gasteiger partial charge < -0.3 is 9.52 Å². The van der Waals surface area contributed by atoms with Gasteiger partial charge in [0, 0.05) is 18.2 Å². The maximum Gasteiger partial charge on any atom is 0.336 e. The SMILES string of the molecule is CC1=C(C#N)C(=O)N(C)C(=O)C1=Cc1ccc(-c2ccccc2C(=O)O)o1. The van der Waals surface area contributed by atoms with Gasteiger partial charge >= 0.3 is 5.97 Å². The molecule has 0 saturated carbocycles. The molecule has 0 fully saturated rings. The largest absolute Gasteiger partial charge is 0.478 e. The van der Waals surface area contributed by atoms with Gasteiger partial charge in [0.2, 0.25) is 0 Å². The van der Waals surface area contributed by atoms with Crippen LogP contribution < -0.4 is 0 Å². The molecule has 134 valence electrons. The van der Waals surface area contributed by atoms with Crippen LogP contribution in [0.3, 0.4) is 0 Å². The van der Waals surface area contributed by atoms with E-state index in [0.717, 1.165) is 4.90 Å². The van der Waals surface area contributed by atoms with Gasteiger partial charge in [-0.2, -0.15) is 5.26 Å². The van der Waals surface area contributed by atoms with E-state index in [1.165, 1.54) is 26.1 Å². The molecule has 0 radical (unpaired) electrons. The number of benzene rings is 1. The van der Waals surface area contributed by atoms with Crippen LogP contribution in [-0.4, -0.2) is 34.8 Å². The Morgan fingerprint density at radius 2 is 1.89 bits per heavy atom. The Kier molecular flexibility index (Phi) is 4.48. The van der Waals surface area contributed by atoms with Crippen molar-refractivity contribution in [2.24, 2.45) is 0 Å². The van der Waals surface area contributed by atoms with Gasteiger partial charge in [0.15, 0.2) is 0 Å². The first-order chi connectivity index (χ1) is 12.8. The predicted octanol–water partition coefficient (Wildman–Crippen LogP) is 2.87. The zero-order valence-electron chi connectivity index (χ0n) is 14.5. The van der Waals surface area contributed by atoms with Crippen molar-refractivity contribution >= 4 is 23.9 Å². The topological polar surface area (TPSA) is 112 Å². The Hall–Kier alpha value is -3.92. The lowest BCUT2D eigenvalue weighted by molar-refractivity contribution is -0.138. The van der Waals surface area contributed by atoms with Gasteiger partial charge in [-0.05, 0) is 36.8 Å². The Labute approximate surface area is 154 Å². The number of likely N-dealkylation sites (N-methyl/N-ethyl adjacent to an activating group) is 1. The van der Waals surface area contributed by atoms with Crippen LogP contribution in [0.5, 0.6) is 0 Å². The molecular formula is C20H14N2O5. The number of amides is 2. The van der Waals surface area contributed by atoms with Crippen molar-refractivity contribution in [3.8, 4) is 17.4 Å². The molecule has 1 aliphatic rings. The Bertz CT molecular complexity index is 1080. The number of hydrogen-bond donors (Lipinski definition) is 1. The summed E-state index contributed by atoms with van der Waals surface area (Å²) in [6.07, 6.45) is 1.44. The van der Waals surface area contributed by atoms with Gasteiger partial charge in [0.05, 0.1) is 5.56 Å². The highest BCUT2D eigenvalue weighted by atomic mass is 16.4. The number of carbonyl (C=O) groups excluding carboxylic acids is 2. The fourth-order valence-corrected chi connectivity index (χ4v) is 2.80. The molecule has 0 unspecified atom stereocenters. The minimum absolute atomic E-state index is 0.0907. The number of furan rings is 1. The Morgan fingerprint density at radius 3 is 2.56 bits per heavy atom. The number of imide groups is 1. The zero-order chi connectivity index (χ0) is 19.7.